The van der Waals surface area contributed by atoms with Gasteiger partial charge in [-0.25, -0.2) is 4.98 Å². The van der Waals surface area contributed by atoms with Crippen molar-refractivity contribution >= 4 is 11.7 Å². The molecule has 114 valence electrons. The van der Waals surface area contributed by atoms with Crippen LogP contribution < -0.4 is 11.1 Å². The SMILES string of the molecule is CC(C)c1cc(C(=O)NC2CCN3CCCC23)cc(N)n1. The number of amides is 1. The van der Waals surface area contributed by atoms with Crippen LogP contribution >= 0.6 is 0 Å². The summed E-state index contributed by atoms with van der Waals surface area (Å²) in [6.07, 6.45) is 3.49. The van der Waals surface area contributed by atoms with Gasteiger partial charge in [0, 0.05) is 29.9 Å². The smallest absolute Gasteiger partial charge is 0.251 e. The molecule has 2 aliphatic heterocycles. The number of nitrogen functional groups attached to an aromatic ring is 1. The molecule has 1 amide bonds. The first kappa shape index (κ1) is 14.3. The van der Waals surface area contributed by atoms with Gasteiger partial charge in [0.05, 0.1) is 0 Å². The molecule has 3 N–H and O–H groups in total. The number of fused-ring (bicyclic) bond motifs is 1. The van der Waals surface area contributed by atoms with Crippen molar-refractivity contribution in [3.8, 4) is 0 Å². The number of anilines is 1. The van der Waals surface area contributed by atoms with E-state index in [1.807, 2.05) is 6.07 Å². The molecule has 0 aliphatic carbocycles. The first-order valence-electron chi connectivity index (χ1n) is 7.87. The fraction of sp³-hybridized carbons (Fsp3) is 0.625. The monoisotopic (exact) mass is 288 g/mol. The maximum Gasteiger partial charge on any atom is 0.251 e. The van der Waals surface area contributed by atoms with E-state index >= 15 is 0 Å². The fourth-order valence-corrected chi connectivity index (χ4v) is 3.50. The minimum absolute atomic E-state index is 0.0234. The Bertz CT molecular complexity index is 543. The number of carbonyl (C=O) groups is 1. The van der Waals surface area contributed by atoms with Crippen LogP contribution in [-0.4, -0.2) is 41.0 Å². The second kappa shape index (κ2) is 5.64. The van der Waals surface area contributed by atoms with Gasteiger partial charge in [-0.3, -0.25) is 9.69 Å². The van der Waals surface area contributed by atoms with E-state index in [0.717, 1.165) is 18.7 Å². The lowest BCUT2D eigenvalue weighted by Gasteiger charge is -2.21. The minimum atomic E-state index is -0.0234. The summed E-state index contributed by atoms with van der Waals surface area (Å²) in [5, 5.41) is 3.20. The second-order valence-electron chi connectivity index (χ2n) is 6.47. The van der Waals surface area contributed by atoms with Gasteiger partial charge < -0.3 is 11.1 Å². The number of nitrogens with one attached hydrogen (secondary N) is 1. The zero-order chi connectivity index (χ0) is 15.0. The molecular formula is C16H24N4O. The van der Waals surface area contributed by atoms with Gasteiger partial charge in [0.25, 0.3) is 5.91 Å². The third-order valence-corrected chi connectivity index (χ3v) is 4.64. The molecule has 1 aromatic heterocycles. The summed E-state index contributed by atoms with van der Waals surface area (Å²) in [6.45, 7) is 6.38. The average molecular weight is 288 g/mol. The summed E-state index contributed by atoms with van der Waals surface area (Å²) in [6, 6.07) is 4.33. The van der Waals surface area contributed by atoms with E-state index in [9.17, 15) is 4.79 Å². The van der Waals surface area contributed by atoms with Crippen molar-refractivity contribution in [2.45, 2.75) is 51.1 Å². The van der Waals surface area contributed by atoms with Gasteiger partial charge in [-0.1, -0.05) is 13.8 Å². The summed E-state index contributed by atoms with van der Waals surface area (Å²) < 4.78 is 0. The van der Waals surface area contributed by atoms with Crippen molar-refractivity contribution in [3.63, 3.8) is 0 Å². The molecule has 0 spiro atoms. The number of hydrogen-bond donors (Lipinski definition) is 2. The number of nitrogens with two attached hydrogens (primary N) is 1. The molecule has 2 saturated heterocycles. The zero-order valence-corrected chi connectivity index (χ0v) is 12.8. The molecule has 2 unspecified atom stereocenters. The van der Waals surface area contributed by atoms with Crippen LogP contribution in [0.2, 0.25) is 0 Å². The summed E-state index contributed by atoms with van der Waals surface area (Å²) in [7, 11) is 0. The lowest BCUT2D eigenvalue weighted by molar-refractivity contribution is 0.0929. The highest BCUT2D eigenvalue weighted by Gasteiger charge is 2.37. The standard InChI is InChI=1S/C16H24N4O/c1-10(2)13-8-11(9-15(17)18-13)16(21)19-12-5-7-20-6-3-4-14(12)20/h8-10,12,14H,3-7H2,1-2H3,(H2,17,18)(H,19,21). The van der Waals surface area contributed by atoms with Gasteiger partial charge >= 0.3 is 0 Å². The van der Waals surface area contributed by atoms with Crippen molar-refractivity contribution in [2.75, 3.05) is 18.8 Å². The number of aromatic nitrogens is 1. The highest BCUT2D eigenvalue weighted by Crippen LogP contribution is 2.28. The molecule has 0 bridgehead atoms. The van der Waals surface area contributed by atoms with Crippen molar-refractivity contribution in [3.05, 3.63) is 23.4 Å². The van der Waals surface area contributed by atoms with Gasteiger partial charge in [0.2, 0.25) is 0 Å². The van der Waals surface area contributed by atoms with E-state index < -0.39 is 0 Å². The molecule has 3 rings (SSSR count). The molecule has 5 heteroatoms. The molecule has 2 atom stereocenters. The molecule has 21 heavy (non-hydrogen) atoms. The Morgan fingerprint density at radius 2 is 2.19 bits per heavy atom. The third kappa shape index (κ3) is 2.88. The first-order valence-corrected chi connectivity index (χ1v) is 7.87. The van der Waals surface area contributed by atoms with Gasteiger partial charge in [-0.2, -0.15) is 0 Å². The van der Waals surface area contributed by atoms with Crippen LogP contribution in [-0.2, 0) is 0 Å². The molecule has 2 fully saturated rings. The zero-order valence-electron chi connectivity index (χ0n) is 12.8. The van der Waals surface area contributed by atoms with Crippen LogP contribution in [0.5, 0.6) is 0 Å². The van der Waals surface area contributed by atoms with E-state index in [4.69, 9.17) is 5.73 Å². The maximum atomic E-state index is 12.5. The van der Waals surface area contributed by atoms with E-state index in [2.05, 4.69) is 29.0 Å². The highest BCUT2D eigenvalue weighted by atomic mass is 16.1. The van der Waals surface area contributed by atoms with E-state index in [1.165, 1.54) is 19.4 Å². The number of rotatable bonds is 3. The largest absolute Gasteiger partial charge is 0.384 e. The van der Waals surface area contributed by atoms with Crippen LogP contribution in [0.15, 0.2) is 12.1 Å². The molecule has 5 nitrogen and oxygen atoms in total. The molecule has 0 saturated carbocycles. The number of nitrogens with zero attached hydrogens (tertiary/aromatic N) is 2. The average Bonchev–Trinajstić information content (AvgIpc) is 3.03. The molecule has 0 radical (unpaired) electrons. The summed E-state index contributed by atoms with van der Waals surface area (Å²) in [4.78, 5) is 19.3. The van der Waals surface area contributed by atoms with Crippen LogP contribution in [0.4, 0.5) is 5.82 Å². The Morgan fingerprint density at radius 1 is 1.38 bits per heavy atom. The Hall–Kier alpha value is -1.62. The van der Waals surface area contributed by atoms with E-state index in [-0.39, 0.29) is 17.9 Å². The first-order chi connectivity index (χ1) is 10.0. The van der Waals surface area contributed by atoms with Gasteiger partial charge in [0.1, 0.15) is 5.82 Å². The van der Waals surface area contributed by atoms with Crippen LogP contribution in [0.25, 0.3) is 0 Å². The molecule has 3 heterocycles. The highest BCUT2D eigenvalue weighted by molar-refractivity contribution is 5.95. The predicted molar refractivity (Wildman–Crippen MR) is 83.2 cm³/mol. The quantitative estimate of drug-likeness (QED) is 0.889. The molecule has 1 aromatic rings. The molecule has 0 aromatic carbocycles. The van der Waals surface area contributed by atoms with Gasteiger partial charge in [-0.05, 0) is 43.9 Å². The predicted octanol–water partition coefficient (Wildman–Crippen LogP) is 1.75. The second-order valence-corrected chi connectivity index (χ2v) is 6.47. The lowest BCUT2D eigenvalue weighted by Crippen LogP contribution is -2.42. The number of pyridine rings is 1. The van der Waals surface area contributed by atoms with E-state index in [0.29, 0.717) is 17.4 Å². The lowest BCUT2D eigenvalue weighted by atomic mass is 10.0. The third-order valence-electron chi connectivity index (χ3n) is 4.64. The maximum absolute atomic E-state index is 12.5. The fourth-order valence-electron chi connectivity index (χ4n) is 3.50. The van der Waals surface area contributed by atoms with Crippen LogP contribution in [0.3, 0.4) is 0 Å². The topological polar surface area (TPSA) is 71.2 Å². The van der Waals surface area contributed by atoms with Gasteiger partial charge in [0.15, 0.2) is 0 Å². The summed E-state index contributed by atoms with van der Waals surface area (Å²) in [5.74, 6) is 0.655. The van der Waals surface area contributed by atoms with Crippen molar-refractivity contribution in [1.82, 2.24) is 15.2 Å². The van der Waals surface area contributed by atoms with Crippen molar-refractivity contribution in [2.24, 2.45) is 0 Å². The Morgan fingerprint density at radius 3 is 2.95 bits per heavy atom. The van der Waals surface area contributed by atoms with Gasteiger partial charge in [-0.15, -0.1) is 0 Å². The Kier molecular flexibility index (Phi) is 3.85. The summed E-state index contributed by atoms with van der Waals surface area (Å²) in [5.41, 5.74) is 7.33. The summed E-state index contributed by atoms with van der Waals surface area (Å²) >= 11 is 0. The minimum Gasteiger partial charge on any atom is -0.384 e. The van der Waals surface area contributed by atoms with Crippen molar-refractivity contribution in [1.29, 1.82) is 0 Å². The Balaban J connectivity index is 1.73. The molecule has 2 aliphatic rings. The van der Waals surface area contributed by atoms with Crippen LogP contribution in [0, 0.1) is 0 Å². The van der Waals surface area contributed by atoms with Crippen molar-refractivity contribution < 1.29 is 4.79 Å². The Labute approximate surface area is 125 Å². The number of hydrogen-bond acceptors (Lipinski definition) is 4. The normalized spacial score (nSPS) is 25.3. The molecular weight excluding hydrogens is 264 g/mol. The van der Waals surface area contributed by atoms with Crippen LogP contribution in [0.1, 0.15) is 55.1 Å². The number of carbonyl (C=O) groups excluding carboxylic acids is 1. The van der Waals surface area contributed by atoms with E-state index in [1.54, 1.807) is 6.07 Å².